The Hall–Kier alpha value is -2.40. The minimum Gasteiger partial charge on any atom is -0.481 e. The molecule has 3 fully saturated rings. The van der Waals surface area contributed by atoms with E-state index < -0.39 is 11.6 Å². The zero-order valence-corrected chi connectivity index (χ0v) is 14.1. The number of carbonyl (C=O) groups is 1. The molecule has 5 nitrogen and oxygen atoms in total. The molecule has 2 saturated heterocycles. The number of nitrogens with two attached hydrogens (primary N) is 1. The maximum absolute atomic E-state index is 11.1. The van der Waals surface area contributed by atoms with E-state index >= 15 is 0 Å². The zero-order valence-electron chi connectivity index (χ0n) is 14.1. The van der Waals surface area contributed by atoms with E-state index in [0.717, 1.165) is 36.9 Å². The summed E-state index contributed by atoms with van der Waals surface area (Å²) in [5.74, 6) is -0.769. The molecule has 0 atom stereocenters. The van der Waals surface area contributed by atoms with Crippen molar-refractivity contribution in [3.05, 3.63) is 48.2 Å². The molecule has 5 rings (SSSR count). The summed E-state index contributed by atoms with van der Waals surface area (Å²) in [6.45, 7) is 0.611. The van der Waals surface area contributed by atoms with E-state index in [9.17, 15) is 4.79 Å². The predicted molar refractivity (Wildman–Crippen MR) is 95.2 cm³/mol. The lowest BCUT2D eigenvalue weighted by Gasteiger charge is -2.53. The van der Waals surface area contributed by atoms with Gasteiger partial charge in [-0.3, -0.25) is 9.78 Å². The summed E-state index contributed by atoms with van der Waals surface area (Å²) in [5.41, 5.74) is 9.17. The van der Waals surface area contributed by atoms with Crippen LogP contribution >= 0.6 is 0 Å². The van der Waals surface area contributed by atoms with Gasteiger partial charge in [0.05, 0.1) is 36.2 Å². The molecule has 0 unspecified atom stereocenters. The number of aliphatic carboxylic acids is 1. The van der Waals surface area contributed by atoms with E-state index in [2.05, 4.69) is 29.2 Å². The third kappa shape index (κ3) is 2.89. The van der Waals surface area contributed by atoms with Gasteiger partial charge >= 0.3 is 5.97 Å². The van der Waals surface area contributed by atoms with E-state index in [4.69, 9.17) is 15.6 Å². The second kappa shape index (κ2) is 5.85. The molecular weight excluding hydrogens is 316 g/mol. The van der Waals surface area contributed by atoms with E-state index in [-0.39, 0.29) is 11.8 Å². The van der Waals surface area contributed by atoms with Crippen molar-refractivity contribution >= 4 is 11.7 Å². The fourth-order valence-electron chi connectivity index (χ4n) is 4.21. The van der Waals surface area contributed by atoms with Crippen LogP contribution in [0, 0.1) is 0 Å². The van der Waals surface area contributed by atoms with Gasteiger partial charge in [-0.15, -0.1) is 0 Å². The third-order valence-corrected chi connectivity index (χ3v) is 5.83. The number of aromatic nitrogens is 1. The van der Waals surface area contributed by atoms with Crippen molar-refractivity contribution in [2.75, 3.05) is 12.3 Å². The molecule has 0 radical (unpaired) electrons. The SMILES string of the molecule is Nc1ccc(-c2ccc(C34CCC(CC(=O)O)(CC3)OC4)cc2)nc1. The number of fused-ring (bicyclic) bond motifs is 3. The summed E-state index contributed by atoms with van der Waals surface area (Å²) in [7, 11) is 0. The summed E-state index contributed by atoms with van der Waals surface area (Å²) in [6.07, 6.45) is 5.39. The monoisotopic (exact) mass is 338 g/mol. The van der Waals surface area contributed by atoms with Gasteiger partial charge in [-0.2, -0.15) is 0 Å². The quantitative estimate of drug-likeness (QED) is 0.892. The summed E-state index contributed by atoms with van der Waals surface area (Å²) < 4.78 is 6.05. The van der Waals surface area contributed by atoms with Crippen LogP contribution in [0.1, 0.15) is 37.7 Å². The number of hydrogen-bond donors (Lipinski definition) is 2. The Labute approximate surface area is 146 Å². The van der Waals surface area contributed by atoms with Crippen molar-refractivity contribution in [1.82, 2.24) is 4.98 Å². The van der Waals surface area contributed by atoms with E-state index in [1.54, 1.807) is 6.20 Å². The summed E-state index contributed by atoms with van der Waals surface area (Å²) in [5, 5.41) is 9.12. The largest absolute Gasteiger partial charge is 0.481 e. The molecular formula is C20H22N2O3. The van der Waals surface area contributed by atoms with Crippen molar-refractivity contribution in [1.29, 1.82) is 0 Å². The van der Waals surface area contributed by atoms with Gasteiger partial charge in [-0.25, -0.2) is 0 Å². The lowest BCUT2D eigenvalue weighted by Crippen LogP contribution is -2.54. The fourth-order valence-corrected chi connectivity index (χ4v) is 4.21. The third-order valence-electron chi connectivity index (χ3n) is 5.83. The molecule has 0 amide bonds. The van der Waals surface area contributed by atoms with Crippen LogP contribution in [0.4, 0.5) is 5.69 Å². The number of rotatable bonds is 4. The number of anilines is 1. The first kappa shape index (κ1) is 16.1. The molecule has 130 valence electrons. The minimum absolute atomic E-state index is 0.0212. The number of ether oxygens (including phenoxy) is 1. The van der Waals surface area contributed by atoms with Crippen molar-refractivity contribution in [2.45, 2.75) is 43.1 Å². The van der Waals surface area contributed by atoms with Crippen LogP contribution < -0.4 is 5.73 Å². The number of nitrogens with zero attached hydrogens (tertiary/aromatic N) is 1. The second-order valence-electron chi connectivity index (χ2n) is 7.38. The Morgan fingerprint density at radius 3 is 2.36 bits per heavy atom. The first-order valence-corrected chi connectivity index (χ1v) is 8.69. The van der Waals surface area contributed by atoms with Crippen molar-refractivity contribution in [3.8, 4) is 11.3 Å². The van der Waals surface area contributed by atoms with Gasteiger partial charge in [0.15, 0.2) is 0 Å². The standard InChI is InChI=1S/C20H22N2O3/c21-16-5-6-17(22-12-16)14-1-3-15(4-2-14)19-7-9-20(10-8-19,25-13-19)11-18(23)24/h1-6,12H,7-11,13,21H2,(H,23,24). The summed E-state index contributed by atoms with van der Waals surface area (Å²) >= 11 is 0. The molecule has 25 heavy (non-hydrogen) atoms. The average Bonchev–Trinajstić information content (AvgIpc) is 2.63. The first-order chi connectivity index (χ1) is 12.0. The highest BCUT2D eigenvalue weighted by Crippen LogP contribution is 2.51. The number of carboxylic acids is 1. The van der Waals surface area contributed by atoms with Crippen LogP contribution in [0.5, 0.6) is 0 Å². The van der Waals surface area contributed by atoms with Gasteiger partial charge in [0.25, 0.3) is 0 Å². The molecule has 3 aliphatic rings. The van der Waals surface area contributed by atoms with Crippen LogP contribution in [0.15, 0.2) is 42.6 Å². The molecule has 1 saturated carbocycles. The molecule has 3 N–H and O–H groups in total. The topological polar surface area (TPSA) is 85.4 Å². The van der Waals surface area contributed by atoms with Gasteiger partial charge in [0.1, 0.15) is 0 Å². The number of pyridine rings is 1. The van der Waals surface area contributed by atoms with Gasteiger partial charge in [0, 0.05) is 11.0 Å². The molecule has 2 bridgehead atoms. The number of hydrogen-bond acceptors (Lipinski definition) is 4. The maximum atomic E-state index is 11.1. The second-order valence-corrected chi connectivity index (χ2v) is 7.38. The lowest BCUT2D eigenvalue weighted by atomic mass is 9.62. The number of carboxylic acid groups (broad SMARTS) is 1. The Morgan fingerprint density at radius 2 is 1.84 bits per heavy atom. The van der Waals surface area contributed by atoms with Crippen LogP contribution in [0.2, 0.25) is 0 Å². The smallest absolute Gasteiger partial charge is 0.306 e. The van der Waals surface area contributed by atoms with Crippen molar-refractivity contribution in [2.24, 2.45) is 0 Å². The Bertz CT molecular complexity index is 759. The maximum Gasteiger partial charge on any atom is 0.306 e. The Kier molecular flexibility index (Phi) is 3.76. The molecule has 2 aromatic rings. The molecule has 2 aliphatic heterocycles. The molecule has 0 spiro atoms. The van der Waals surface area contributed by atoms with E-state index in [1.165, 1.54) is 5.56 Å². The van der Waals surface area contributed by atoms with Gasteiger partial charge < -0.3 is 15.6 Å². The fraction of sp³-hybridized carbons (Fsp3) is 0.400. The van der Waals surface area contributed by atoms with Gasteiger partial charge in [0.2, 0.25) is 0 Å². The van der Waals surface area contributed by atoms with Gasteiger partial charge in [-0.05, 0) is 43.4 Å². The van der Waals surface area contributed by atoms with Crippen molar-refractivity contribution in [3.63, 3.8) is 0 Å². The number of nitrogen functional groups attached to an aromatic ring is 1. The normalized spacial score (nSPS) is 28.0. The summed E-state index contributed by atoms with van der Waals surface area (Å²) in [6, 6.07) is 12.3. The predicted octanol–water partition coefficient (Wildman–Crippen LogP) is 3.39. The van der Waals surface area contributed by atoms with Gasteiger partial charge in [-0.1, -0.05) is 24.3 Å². The lowest BCUT2D eigenvalue weighted by molar-refractivity contribution is -0.174. The van der Waals surface area contributed by atoms with E-state index in [1.807, 2.05) is 12.1 Å². The molecule has 3 heterocycles. The molecule has 5 heteroatoms. The Morgan fingerprint density at radius 1 is 1.12 bits per heavy atom. The first-order valence-electron chi connectivity index (χ1n) is 8.69. The number of benzene rings is 1. The summed E-state index contributed by atoms with van der Waals surface area (Å²) in [4.78, 5) is 15.5. The minimum atomic E-state index is -0.769. The van der Waals surface area contributed by atoms with Crippen LogP contribution in [0.25, 0.3) is 11.3 Å². The van der Waals surface area contributed by atoms with Crippen LogP contribution in [-0.2, 0) is 14.9 Å². The van der Waals surface area contributed by atoms with E-state index in [0.29, 0.717) is 12.3 Å². The Balaban J connectivity index is 1.53. The molecule has 1 aliphatic carbocycles. The zero-order chi connectivity index (χ0) is 17.5. The van der Waals surface area contributed by atoms with Crippen LogP contribution in [0.3, 0.4) is 0 Å². The average molecular weight is 338 g/mol. The van der Waals surface area contributed by atoms with Crippen LogP contribution in [-0.4, -0.2) is 28.3 Å². The highest BCUT2D eigenvalue weighted by molar-refractivity contribution is 5.68. The molecule has 1 aromatic carbocycles. The highest BCUT2D eigenvalue weighted by atomic mass is 16.5. The van der Waals surface area contributed by atoms with Crippen molar-refractivity contribution < 1.29 is 14.6 Å². The molecule has 1 aromatic heterocycles. The highest BCUT2D eigenvalue weighted by Gasteiger charge is 2.51.